The van der Waals surface area contributed by atoms with Crippen molar-refractivity contribution in [2.45, 2.75) is 46.6 Å². The van der Waals surface area contributed by atoms with E-state index in [0.717, 1.165) is 19.3 Å². The van der Waals surface area contributed by atoms with Gasteiger partial charge in [-0.2, -0.15) is 0 Å². The SMILES string of the molecule is Cc1oc(CN(C)C(=O)C(C)(C)CCCc2ccccc2)cc1C(=O)O. The third-order valence-electron chi connectivity index (χ3n) is 4.63. The third-order valence-corrected chi connectivity index (χ3v) is 4.63. The van der Waals surface area contributed by atoms with E-state index in [1.165, 1.54) is 11.6 Å². The van der Waals surface area contributed by atoms with Crippen LogP contribution in [0.4, 0.5) is 0 Å². The Morgan fingerprint density at radius 2 is 1.85 bits per heavy atom. The van der Waals surface area contributed by atoms with Gasteiger partial charge in [0.2, 0.25) is 5.91 Å². The molecule has 0 aliphatic carbocycles. The maximum atomic E-state index is 12.8. The molecule has 5 heteroatoms. The number of furan rings is 1. The lowest BCUT2D eigenvalue weighted by Crippen LogP contribution is -2.38. The second-order valence-electron chi connectivity index (χ2n) is 7.37. The van der Waals surface area contributed by atoms with Crippen LogP contribution in [0, 0.1) is 12.3 Å². The van der Waals surface area contributed by atoms with E-state index in [-0.39, 0.29) is 18.0 Å². The molecule has 5 nitrogen and oxygen atoms in total. The average Bonchev–Trinajstić information content (AvgIpc) is 2.95. The van der Waals surface area contributed by atoms with E-state index in [4.69, 9.17) is 9.52 Å². The molecule has 0 unspecified atom stereocenters. The number of carboxylic acid groups (broad SMARTS) is 1. The Kier molecular flexibility index (Phi) is 6.24. The molecule has 0 fully saturated rings. The van der Waals surface area contributed by atoms with Crippen LogP contribution in [-0.4, -0.2) is 28.9 Å². The first-order valence-electron chi connectivity index (χ1n) is 8.83. The standard InChI is InChI=1S/C21H27NO4/c1-15-18(19(23)24)13-17(26-15)14-22(4)20(25)21(2,3)12-8-11-16-9-6-5-7-10-16/h5-7,9-10,13H,8,11-12,14H2,1-4H3,(H,23,24). The summed E-state index contributed by atoms with van der Waals surface area (Å²) in [6.07, 6.45) is 2.66. The molecule has 0 saturated carbocycles. The Bertz CT molecular complexity index is 762. The third kappa shape index (κ3) is 4.97. The zero-order valence-corrected chi connectivity index (χ0v) is 15.9. The van der Waals surface area contributed by atoms with E-state index in [0.29, 0.717) is 11.5 Å². The molecule has 1 amide bonds. The highest BCUT2D eigenvalue weighted by Gasteiger charge is 2.30. The number of nitrogens with zero attached hydrogens (tertiary/aromatic N) is 1. The van der Waals surface area contributed by atoms with Gasteiger partial charge in [0.1, 0.15) is 17.1 Å². The van der Waals surface area contributed by atoms with Gasteiger partial charge in [-0.25, -0.2) is 4.79 Å². The summed E-state index contributed by atoms with van der Waals surface area (Å²) >= 11 is 0. The normalized spacial score (nSPS) is 11.4. The van der Waals surface area contributed by atoms with Gasteiger partial charge < -0.3 is 14.4 Å². The number of aryl methyl sites for hydroxylation is 2. The van der Waals surface area contributed by atoms with Crippen molar-refractivity contribution in [3.8, 4) is 0 Å². The number of benzene rings is 1. The molecule has 0 radical (unpaired) electrons. The molecule has 2 aromatic rings. The number of carbonyl (C=O) groups excluding carboxylic acids is 1. The van der Waals surface area contributed by atoms with Crippen LogP contribution >= 0.6 is 0 Å². The van der Waals surface area contributed by atoms with Gasteiger partial charge in [-0.15, -0.1) is 0 Å². The molecule has 0 atom stereocenters. The molecule has 0 aliphatic rings. The number of amides is 1. The molecule has 140 valence electrons. The lowest BCUT2D eigenvalue weighted by atomic mass is 9.85. The molecule has 1 aromatic carbocycles. The van der Waals surface area contributed by atoms with Crippen molar-refractivity contribution in [1.82, 2.24) is 4.90 Å². The first-order valence-corrected chi connectivity index (χ1v) is 8.83. The van der Waals surface area contributed by atoms with Gasteiger partial charge in [0.25, 0.3) is 0 Å². The molecule has 1 N–H and O–H groups in total. The summed E-state index contributed by atoms with van der Waals surface area (Å²) in [6.45, 7) is 5.77. The minimum absolute atomic E-state index is 0.0245. The quantitative estimate of drug-likeness (QED) is 0.765. The van der Waals surface area contributed by atoms with Crippen molar-refractivity contribution in [3.05, 3.63) is 59.0 Å². The largest absolute Gasteiger partial charge is 0.478 e. The van der Waals surface area contributed by atoms with E-state index < -0.39 is 11.4 Å². The maximum Gasteiger partial charge on any atom is 0.339 e. The van der Waals surface area contributed by atoms with Crippen molar-refractivity contribution < 1.29 is 19.1 Å². The van der Waals surface area contributed by atoms with Crippen molar-refractivity contribution >= 4 is 11.9 Å². The summed E-state index contributed by atoms with van der Waals surface area (Å²) in [5.74, 6) is -0.157. The minimum atomic E-state index is -1.02. The summed E-state index contributed by atoms with van der Waals surface area (Å²) in [5, 5.41) is 9.10. The van der Waals surface area contributed by atoms with E-state index in [9.17, 15) is 9.59 Å². The van der Waals surface area contributed by atoms with Gasteiger partial charge in [0.05, 0.1) is 6.54 Å². The van der Waals surface area contributed by atoms with Crippen LogP contribution in [0.5, 0.6) is 0 Å². The van der Waals surface area contributed by atoms with Crippen LogP contribution in [0.1, 0.15) is 54.1 Å². The monoisotopic (exact) mass is 357 g/mol. The fourth-order valence-electron chi connectivity index (χ4n) is 3.14. The molecule has 0 saturated heterocycles. The molecule has 1 heterocycles. The van der Waals surface area contributed by atoms with Crippen molar-refractivity contribution in [1.29, 1.82) is 0 Å². The summed E-state index contributed by atoms with van der Waals surface area (Å²) in [5.41, 5.74) is 0.931. The van der Waals surface area contributed by atoms with Gasteiger partial charge >= 0.3 is 5.97 Å². The van der Waals surface area contributed by atoms with Gasteiger partial charge in [-0.3, -0.25) is 4.79 Å². The first-order chi connectivity index (χ1) is 12.2. The lowest BCUT2D eigenvalue weighted by Gasteiger charge is -2.29. The maximum absolute atomic E-state index is 12.8. The molecule has 1 aromatic heterocycles. The summed E-state index contributed by atoms with van der Waals surface area (Å²) < 4.78 is 5.47. The molecular formula is C21H27NO4. The van der Waals surface area contributed by atoms with E-state index in [2.05, 4.69) is 12.1 Å². The van der Waals surface area contributed by atoms with Crippen LogP contribution in [0.15, 0.2) is 40.8 Å². The number of carboxylic acids is 1. The fourth-order valence-corrected chi connectivity index (χ4v) is 3.14. The van der Waals surface area contributed by atoms with Crippen molar-refractivity contribution in [2.24, 2.45) is 5.41 Å². The van der Waals surface area contributed by atoms with E-state index >= 15 is 0 Å². The number of rotatable bonds is 8. The van der Waals surface area contributed by atoms with Crippen LogP contribution < -0.4 is 0 Å². The van der Waals surface area contributed by atoms with Crippen LogP contribution in [-0.2, 0) is 17.8 Å². The topological polar surface area (TPSA) is 70.8 Å². The molecule has 0 aliphatic heterocycles. The van der Waals surface area contributed by atoms with Crippen molar-refractivity contribution in [3.63, 3.8) is 0 Å². The van der Waals surface area contributed by atoms with Crippen molar-refractivity contribution in [2.75, 3.05) is 7.05 Å². The number of carbonyl (C=O) groups is 2. The summed E-state index contributed by atoms with van der Waals surface area (Å²) in [6, 6.07) is 11.7. The summed E-state index contributed by atoms with van der Waals surface area (Å²) in [7, 11) is 1.72. The first kappa shape index (κ1) is 19.8. The Balaban J connectivity index is 1.92. The Labute approximate surface area is 154 Å². The second kappa shape index (κ2) is 8.21. The number of hydrogen-bond acceptors (Lipinski definition) is 3. The molecular weight excluding hydrogens is 330 g/mol. The van der Waals surface area contributed by atoms with Gasteiger partial charge in [0, 0.05) is 12.5 Å². The van der Waals surface area contributed by atoms with Crippen LogP contribution in [0.3, 0.4) is 0 Å². The van der Waals surface area contributed by atoms with Gasteiger partial charge in [-0.1, -0.05) is 44.2 Å². The lowest BCUT2D eigenvalue weighted by molar-refractivity contribution is -0.140. The molecule has 26 heavy (non-hydrogen) atoms. The van der Waals surface area contributed by atoms with Crippen LogP contribution in [0.25, 0.3) is 0 Å². The average molecular weight is 357 g/mol. The summed E-state index contributed by atoms with van der Waals surface area (Å²) in [4.78, 5) is 25.5. The van der Waals surface area contributed by atoms with Crippen LogP contribution in [0.2, 0.25) is 0 Å². The van der Waals surface area contributed by atoms with Gasteiger partial charge in [-0.05, 0) is 37.8 Å². The molecule has 0 spiro atoms. The highest BCUT2D eigenvalue weighted by molar-refractivity contribution is 5.88. The van der Waals surface area contributed by atoms with E-state index in [1.807, 2.05) is 32.0 Å². The highest BCUT2D eigenvalue weighted by Crippen LogP contribution is 2.27. The predicted molar refractivity (Wildman–Crippen MR) is 100 cm³/mol. The molecule has 2 rings (SSSR count). The minimum Gasteiger partial charge on any atom is -0.478 e. The predicted octanol–water partition coefficient (Wildman–Crippen LogP) is 4.29. The number of aromatic carboxylic acids is 1. The molecule has 0 bridgehead atoms. The smallest absolute Gasteiger partial charge is 0.339 e. The van der Waals surface area contributed by atoms with E-state index in [1.54, 1.807) is 18.9 Å². The fraction of sp³-hybridized carbons (Fsp3) is 0.429. The zero-order chi connectivity index (χ0) is 19.3. The number of hydrogen-bond donors (Lipinski definition) is 1. The zero-order valence-electron chi connectivity index (χ0n) is 15.9. The van der Waals surface area contributed by atoms with Gasteiger partial charge in [0.15, 0.2) is 0 Å². The Hall–Kier alpha value is -2.56. The highest BCUT2D eigenvalue weighted by atomic mass is 16.4. The second-order valence-corrected chi connectivity index (χ2v) is 7.37. The Morgan fingerprint density at radius 3 is 2.42 bits per heavy atom. The Morgan fingerprint density at radius 1 is 1.19 bits per heavy atom.